The lowest BCUT2D eigenvalue weighted by atomic mass is 10.1. The zero-order valence-corrected chi connectivity index (χ0v) is 13.8. The van der Waals surface area contributed by atoms with Gasteiger partial charge in [-0.15, -0.1) is 0 Å². The fraction of sp³-hybridized carbons (Fsp3) is 0.278. The van der Waals surface area contributed by atoms with Gasteiger partial charge in [-0.05, 0) is 43.2 Å². The molecule has 0 fully saturated rings. The second-order valence-electron chi connectivity index (χ2n) is 5.10. The molecule has 0 radical (unpaired) electrons. The van der Waals surface area contributed by atoms with E-state index in [0.717, 1.165) is 5.56 Å². The van der Waals surface area contributed by atoms with Gasteiger partial charge >= 0.3 is 6.03 Å². The Labute approximate surface area is 141 Å². The van der Waals surface area contributed by atoms with Crippen molar-refractivity contribution >= 4 is 11.7 Å². The predicted molar refractivity (Wildman–Crippen MR) is 93.0 cm³/mol. The molecule has 0 heterocycles. The highest BCUT2D eigenvalue weighted by atomic mass is 16.5. The molecule has 0 aliphatic heterocycles. The molecule has 0 unspecified atom stereocenters. The summed E-state index contributed by atoms with van der Waals surface area (Å²) in [5, 5.41) is 14.8. The second-order valence-corrected chi connectivity index (χ2v) is 5.10. The molecule has 128 valence electrons. The molecule has 6 heteroatoms. The van der Waals surface area contributed by atoms with Gasteiger partial charge in [0.2, 0.25) is 0 Å². The number of amides is 2. The molecule has 3 N–H and O–H groups in total. The van der Waals surface area contributed by atoms with Gasteiger partial charge in [0.05, 0.1) is 13.7 Å². The van der Waals surface area contributed by atoms with E-state index in [1.807, 2.05) is 25.1 Å². The van der Waals surface area contributed by atoms with E-state index in [2.05, 4.69) is 10.6 Å². The summed E-state index contributed by atoms with van der Waals surface area (Å²) < 4.78 is 10.8. The van der Waals surface area contributed by atoms with E-state index >= 15 is 0 Å². The number of nitrogens with one attached hydrogen (secondary N) is 2. The lowest BCUT2D eigenvalue weighted by Crippen LogP contribution is -2.30. The second kappa shape index (κ2) is 8.67. The third-order valence-electron chi connectivity index (χ3n) is 3.33. The summed E-state index contributed by atoms with van der Waals surface area (Å²) in [6, 6.07) is 11.8. The summed E-state index contributed by atoms with van der Waals surface area (Å²) in [5.74, 6) is 1.49. The Bertz CT molecular complexity index is 688. The normalized spacial score (nSPS) is 10.1. The van der Waals surface area contributed by atoms with Crippen LogP contribution < -0.4 is 20.1 Å². The van der Waals surface area contributed by atoms with E-state index in [1.54, 1.807) is 25.3 Å². The van der Waals surface area contributed by atoms with Crippen LogP contribution in [0.15, 0.2) is 42.5 Å². The van der Waals surface area contributed by atoms with Crippen LogP contribution in [0, 0.1) is 0 Å². The number of carbonyl (C=O) groups excluding carboxylic acids is 1. The number of anilines is 1. The van der Waals surface area contributed by atoms with Gasteiger partial charge in [0.15, 0.2) is 11.5 Å². The number of hydrogen-bond donors (Lipinski definition) is 3. The Hall–Kier alpha value is -2.89. The number of methoxy groups -OCH3 is 1. The SMILES string of the molecule is CCOc1ccc(CCNC(=O)Nc2cccc(O)c2)cc1OC. The standard InChI is InChI=1S/C18H22N2O4/c1-3-24-16-8-7-13(11-17(16)23-2)9-10-19-18(22)20-14-5-4-6-15(21)12-14/h4-8,11-12,21H,3,9-10H2,1-2H3,(H2,19,20,22). The number of phenolic OH excluding ortho intramolecular Hbond substituents is 1. The molecule has 0 saturated heterocycles. The maximum absolute atomic E-state index is 11.8. The number of aromatic hydroxyl groups is 1. The minimum absolute atomic E-state index is 0.106. The predicted octanol–water partition coefficient (Wildman–Crippen LogP) is 3.16. The average Bonchev–Trinajstić information content (AvgIpc) is 2.56. The summed E-state index contributed by atoms with van der Waals surface area (Å²) in [6.07, 6.45) is 0.663. The number of phenols is 1. The topological polar surface area (TPSA) is 79.8 Å². The minimum Gasteiger partial charge on any atom is -0.508 e. The number of carbonyl (C=O) groups is 1. The van der Waals surface area contributed by atoms with Gasteiger partial charge in [-0.1, -0.05) is 12.1 Å². The molecule has 2 aromatic rings. The first-order valence-electron chi connectivity index (χ1n) is 7.76. The van der Waals surface area contributed by atoms with Crippen molar-refractivity contribution in [2.75, 3.05) is 25.6 Å². The highest BCUT2D eigenvalue weighted by Gasteiger charge is 2.06. The van der Waals surface area contributed by atoms with Crippen molar-refractivity contribution in [2.24, 2.45) is 0 Å². The number of rotatable bonds is 7. The molecule has 2 rings (SSSR count). The van der Waals surface area contributed by atoms with E-state index < -0.39 is 0 Å². The monoisotopic (exact) mass is 330 g/mol. The third kappa shape index (κ3) is 5.08. The molecule has 2 amide bonds. The molecule has 24 heavy (non-hydrogen) atoms. The summed E-state index contributed by atoms with van der Waals surface area (Å²) >= 11 is 0. The van der Waals surface area contributed by atoms with Crippen LogP contribution in [0.4, 0.5) is 10.5 Å². The quantitative estimate of drug-likeness (QED) is 0.728. The number of urea groups is 1. The van der Waals surface area contributed by atoms with Gasteiger partial charge in [-0.2, -0.15) is 0 Å². The van der Waals surface area contributed by atoms with E-state index in [0.29, 0.717) is 36.8 Å². The lowest BCUT2D eigenvalue weighted by molar-refractivity contribution is 0.252. The van der Waals surface area contributed by atoms with Crippen LogP contribution in [0.3, 0.4) is 0 Å². The van der Waals surface area contributed by atoms with Crippen molar-refractivity contribution in [3.05, 3.63) is 48.0 Å². The van der Waals surface area contributed by atoms with E-state index in [-0.39, 0.29) is 11.8 Å². The van der Waals surface area contributed by atoms with Gasteiger partial charge in [0.25, 0.3) is 0 Å². The largest absolute Gasteiger partial charge is 0.508 e. The molecule has 0 aromatic heterocycles. The van der Waals surface area contributed by atoms with Gasteiger partial charge < -0.3 is 25.2 Å². The minimum atomic E-state index is -0.321. The maximum Gasteiger partial charge on any atom is 0.319 e. The summed E-state index contributed by atoms with van der Waals surface area (Å²) in [4.78, 5) is 11.8. The van der Waals surface area contributed by atoms with Gasteiger partial charge in [0.1, 0.15) is 5.75 Å². The van der Waals surface area contributed by atoms with Crippen molar-refractivity contribution in [1.29, 1.82) is 0 Å². The Balaban J connectivity index is 1.84. The molecule has 6 nitrogen and oxygen atoms in total. The fourth-order valence-corrected chi connectivity index (χ4v) is 2.22. The van der Waals surface area contributed by atoms with Crippen LogP contribution in [0.5, 0.6) is 17.2 Å². The third-order valence-corrected chi connectivity index (χ3v) is 3.33. The van der Waals surface area contributed by atoms with Gasteiger partial charge in [0, 0.05) is 18.3 Å². The molecular weight excluding hydrogens is 308 g/mol. The number of benzene rings is 2. The zero-order valence-electron chi connectivity index (χ0n) is 13.8. The van der Waals surface area contributed by atoms with Gasteiger partial charge in [-0.3, -0.25) is 0 Å². The lowest BCUT2D eigenvalue weighted by Gasteiger charge is -2.11. The average molecular weight is 330 g/mol. The molecule has 0 spiro atoms. The van der Waals surface area contributed by atoms with Crippen molar-refractivity contribution in [3.8, 4) is 17.2 Å². The molecule has 0 aliphatic carbocycles. The highest BCUT2D eigenvalue weighted by Crippen LogP contribution is 2.28. The Morgan fingerprint density at radius 3 is 2.71 bits per heavy atom. The maximum atomic E-state index is 11.8. The van der Waals surface area contributed by atoms with Crippen molar-refractivity contribution in [2.45, 2.75) is 13.3 Å². The molecule has 0 saturated carbocycles. The number of hydrogen-bond acceptors (Lipinski definition) is 4. The van der Waals surface area contributed by atoms with Crippen molar-refractivity contribution in [1.82, 2.24) is 5.32 Å². The molecular formula is C18H22N2O4. The summed E-state index contributed by atoms with van der Waals surface area (Å²) in [7, 11) is 1.60. The van der Waals surface area contributed by atoms with Crippen LogP contribution >= 0.6 is 0 Å². The number of ether oxygens (including phenoxy) is 2. The van der Waals surface area contributed by atoms with Crippen molar-refractivity contribution in [3.63, 3.8) is 0 Å². The molecule has 0 bridgehead atoms. The van der Waals surface area contributed by atoms with E-state index in [1.165, 1.54) is 6.07 Å². The Morgan fingerprint density at radius 2 is 2.00 bits per heavy atom. The van der Waals surface area contributed by atoms with Crippen LogP contribution in [0.1, 0.15) is 12.5 Å². The van der Waals surface area contributed by atoms with Gasteiger partial charge in [-0.25, -0.2) is 4.79 Å². The first-order valence-corrected chi connectivity index (χ1v) is 7.76. The van der Waals surface area contributed by atoms with E-state index in [4.69, 9.17) is 9.47 Å². The fourth-order valence-electron chi connectivity index (χ4n) is 2.22. The smallest absolute Gasteiger partial charge is 0.319 e. The summed E-state index contributed by atoms with van der Waals surface area (Å²) in [5.41, 5.74) is 1.57. The van der Waals surface area contributed by atoms with E-state index in [9.17, 15) is 9.90 Å². The first-order chi connectivity index (χ1) is 11.6. The first kappa shape index (κ1) is 17.5. The van der Waals surface area contributed by atoms with Crippen LogP contribution in [-0.4, -0.2) is 31.4 Å². The molecule has 0 aliphatic rings. The molecule has 2 aromatic carbocycles. The molecule has 0 atom stereocenters. The Morgan fingerprint density at radius 1 is 1.17 bits per heavy atom. The summed E-state index contributed by atoms with van der Waals surface area (Å²) in [6.45, 7) is 2.97. The van der Waals surface area contributed by atoms with Crippen LogP contribution in [0.25, 0.3) is 0 Å². The van der Waals surface area contributed by atoms with Crippen LogP contribution in [-0.2, 0) is 6.42 Å². The van der Waals surface area contributed by atoms with Crippen LogP contribution in [0.2, 0.25) is 0 Å². The Kier molecular flexibility index (Phi) is 6.31. The zero-order chi connectivity index (χ0) is 17.4. The van der Waals surface area contributed by atoms with Crippen molar-refractivity contribution < 1.29 is 19.4 Å². The highest BCUT2D eigenvalue weighted by molar-refractivity contribution is 5.89.